The van der Waals surface area contributed by atoms with Crippen LogP contribution in [0.2, 0.25) is 0 Å². The summed E-state index contributed by atoms with van der Waals surface area (Å²) in [5.41, 5.74) is -0.807. The second-order valence-corrected chi connectivity index (χ2v) is 9.16. The Morgan fingerprint density at radius 1 is 1.32 bits per heavy atom. The molecule has 4 rings (SSSR count). The Morgan fingerprint density at radius 2 is 2.00 bits per heavy atom. The molecule has 0 N–H and O–H groups in total. The first kappa shape index (κ1) is 19.3. The summed E-state index contributed by atoms with van der Waals surface area (Å²) in [5, 5.41) is 2.93. The number of aliphatic imine (C=N–C) groups is 1. The Morgan fingerprint density at radius 3 is 2.61 bits per heavy atom. The monoisotopic (exact) mass is 412 g/mol. The summed E-state index contributed by atoms with van der Waals surface area (Å²) < 4.78 is 0. The Bertz CT molecular complexity index is 1040. The standard InChI is InChI=1S/C22H21ClN2O2S/c1-6-21(4)15(23)10-13-18(26)22(21,24-11-28)12-8-7-9-14-16(12)17(20(13,2)3)19(27)25(14)5/h6-10,13,17H,1H2,2-5H3. The molecule has 0 spiro atoms. The summed E-state index contributed by atoms with van der Waals surface area (Å²) in [6, 6.07) is 5.61. The quantitative estimate of drug-likeness (QED) is 0.405. The fourth-order valence-corrected chi connectivity index (χ4v) is 5.81. The Hall–Kier alpha value is -2.07. The highest BCUT2D eigenvalue weighted by Crippen LogP contribution is 2.65. The number of benzene rings is 1. The van der Waals surface area contributed by atoms with Crippen molar-refractivity contribution < 1.29 is 9.59 Å². The van der Waals surface area contributed by atoms with Gasteiger partial charge in [-0.25, -0.2) is 4.99 Å². The van der Waals surface area contributed by atoms with E-state index in [1.54, 1.807) is 24.1 Å². The lowest BCUT2D eigenvalue weighted by Crippen LogP contribution is -2.55. The number of isothiocyanates is 1. The van der Waals surface area contributed by atoms with E-state index < -0.39 is 28.2 Å². The zero-order valence-corrected chi connectivity index (χ0v) is 17.8. The van der Waals surface area contributed by atoms with Crippen molar-refractivity contribution in [1.29, 1.82) is 0 Å². The van der Waals surface area contributed by atoms with Gasteiger partial charge < -0.3 is 4.90 Å². The van der Waals surface area contributed by atoms with Crippen molar-refractivity contribution in [1.82, 2.24) is 0 Å². The van der Waals surface area contributed by atoms with E-state index in [1.807, 2.05) is 39.0 Å². The third kappa shape index (κ3) is 1.87. The second kappa shape index (κ2) is 5.73. The zero-order valence-electron chi connectivity index (χ0n) is 16.2. The van der Waals surface area contributed by atoms with Crippen LogP contribution < -0.4 is 4.90 Å². The number of halogens is 1. The van der Waals surface area contributed by atoms with Crippen LogP contribution in [0.3, 0.4) is 0 Å². The Kier molecular flexibility index (Phi) is 3.94. The lowest BCUT2D eigenvalue weighted by atomic mass is 9.57. The van der Waals surface area contributed by atoms with Gasteiger partial charge in [0.15, 0.2) is 11.3 Å². The highest BCUT2D eigenvalue weighted by Gasteiger charge is 2.67. The molecule has 3 aliphatic rings. The van der Waals surface area contributed by atoms with Crippen molar-refractivity contribution in [2.75, 3.05) is 11.9 Å². The number of nitrogens with zero attached hydrogens (tertiary/aromatic N) is 2. The fraction of sp³-hybridized carbons (Fsp3) is 0.409. The number of thiocarbonyl (C=S) groups is 1. The van der Waals surface area contributed by atoms with Crippen LogP contribution >= 0.6 is 23.8 Å². The van der Waals surface area contributed by atoms with E-state index in [0.717, 1.165) is 11.3 Å². The van der Waals surface area contributed by atoms with Gasteiger partial charge in [0.1, 0.15) is 0 Å². The number of hydrogen-bond donors (Lipinski definition) is 0. The van der Waals surface area contributed by atoms with Gasteiger partial charge in [-0.1, -0.05) is 49.7 Å². The van der Waals surface area contributed by atoms with Gasteiger partial charge in [0.25, 0.3) is 0 Å². The fourth-order valence-electron chi connectivity index (χ4n) is 5.33. The van der Waals surface area contributed by atoms with Crippen LogP contribution in [0.25, 0.3) is 0 Å². The van der Waals surface area contributed by atoms with E-state index in [1.165, 1.54) is 0 Å². The van der Waals surface area contributed by atoms with Gasteiger partial charge in [-0.2, -0.15) is 0 Å². The normalized spacial score (nSPS) is 34.9. The smallest absolute Gasteiger partial charge is 0.234 e. The van der Waals surface area contributed by atoms with Gasteiger partial charge in [0.05, 0.1) is 16.5 Å². The average Bonchev–Trinajstić information content (AvgIpc) is 2.90. The predicted octanol–water partition coefficient (Wildman–Crippen LogP) is 4.60. The zero-order chi connectivity index (χ0) is 20.6. The molecule has 4 atom stereocenters. The number of fused-ring (bicyclic) bond motifs is 3. The number of rotatable bonds is 2. The maximum Gasteiger partial charge on any atom is 0.234 e. The van der Waals surface area contributed by atoms with Gasteiger partial charge in [0.2, 0.25) is 5.91 Å². The van der Waals surface area contributed by atoms with Crippen LogP contribution in [0.1, 0.15) is 37.8 Å². The van der Waals surface area contributed by atoms with Crippen LogP contribution in [0.5, 0.6) is 0 Å². The molecule has 2 aliphatic carbocycles. The molecule has 1 aromatic carbocycles. The van der Waals surface area contributed by atoms with Crippen molar-refractivity contribution in [3.8, 4) is 0 Å². The molecule has 0 fully saturated rings. The van der Waals surface area contributed by atoms with Crippen molar-refractivity contribution in [2.45, 2.75) is 32.2 Å². The van der Waals surface area contributed by atoms with Gasteiger partial charge in [0, 0.05) is 23.7 Å². The van der Waals surface area contributed by atoms with Crippen molar-refractivity contribution >= 4 is 46.4 Å². The molecule has 1 aliphatic heterocycles. The van der Waals surface area contributed by atoms with Crippen LogP contribution in [-0.2, 0) is 15.1 Å². The number of hydrogen-bond acceptors (Lipinski definition) is 4. The Balaban J connectivity index is 2.28. The minimum Gasteiger partial charge on any atom is -0.315 e. The van der Waals surface area contributed by atoms with E-state index in [4.69, 9.17) is 23.8 Å². The number of ketones is 1. The maximum atomic E-state index is 14.1. The molecular formula is C22H21ClN2O2S. The van der Waals surface area contributed by atoms with E-state index in [2.05, 4.69) is 16.7 Å². The van der Waals surface area contributed by atoms with Gasteiger partial charge in [-0.05, 0) is 41.7 Å². The molecule has 0 radical (unpaired) electrons. The van der Waals surface area contributed by atoms with Crippen LogP contribution in [0.4, 0.5) is 5.69 Å². The Labute approximate surface area is 175 Å². The number of carbonyl (C=O) groups is 2. The largest absolute Gasteiger partial charge is 0.315 e. The molecule has 0 aromatic heterocycles. The topological polar surface area (TPSA) is 49.7 Å². The third-order valence-corrected chi connectivity index (χ3v) is 7.68. The molecule has 1 amide bonds. The molecule has 144 valence electrons. The average molecular weight is 413 g/mol. The molecule has 1 heterocycles. The first-order valence-corrected chi connectivity index (χ1v) is 9.94. The highest BCUT2D eigenvalue weighted by atomic mass is 35.5. The molecular weight excluding hydrogens is 392 g/mol. The SMILES string of the molecule is C=CC1(C)C(Cl)=CC2C(=O)C1(N=C=S)c1cccc3c1C(C(=O)N3C)C2(C)C. The molecule has 0 saturated heterocycles. The number of amides is 1. The summed E-state index contributed by atoms with van der Waals surface area (Å²) in [6.07, 6.45) is 3.43. The van der Waals surface area contributed by atoms with Gasteiger partial charge >= 0.3 is 0 Å². The lowest BCUT2D eigenvalue weighted by Gasteiger charge is -2.48. The summed E-state index contributed by atoms with van der Waals surface area (Å²) >= 11 is 11.8. The lowest BCUT2D eigenvalue weighted by molar-refractivity contribution is -0.134. The van der Waals surface area contributed by atoms with E-state index >= 15 is 0 Å². The van der Waals surface area contributed by atoms with Crippen LogP contribution in [0.15, 0.2) is 47.0 Å². The van der Waals surface area contributed by atoms with E-state index in [-0.39, 0.29) is 11.7 Å². The number of anilines is 1. The summed E-state index contributed by atoms with van der Waals surface area (Å²) in [6.45, 7) is 9.71. The van der Waals surface area contributed by atoms with E-state index in [9.17, 15) is 9.59 Å². The molecule has 1 aromatic rings. The predicted molar refractivity (Wildman–Crippen MR) is 114 cm³/mol. The van der Waals surface area contributed by atoms with Crippen LogP contribution in [-0.4, -0.2) is 23.9 Å². The minimum atomic E-state index is -1.41. The number of Topliss-reactive ketones (excluding diaryl/α,β-unsaturated/α-hetero) is 1. The van der Waals surface area contributed by atoms with Crippen molar-refractivity contribution in [3.63, 3.8) is 0 Å². The van der Waals surface area contributed by atoms with Gasteiger partial charge in [-0.15, -0.1) is 6.58 Å². The maximum absolute atomic E-state index is 14.1. The van der Waals surface area contributed by atoms with Gasteiger partial charge in [-0.3, -0.25) is 9.59 Å². The van der Waals surface area contributed by atoms with E-state index in [0.29, 0.717) is 10.6 Å². The third-order valence-electron chi connectivity index (χ3n) is 7.07. The first-order valence-electron chi connectivity index (χ1n) is 9.15. The van der Waals surface area contributed by atoms with Crippen molar-refractivity contribution in [2.24, 2.45) is 21.7 Å². The van der Waals surface area contributed by atoms with Crippen molar-refractivity contribution in [3.05, 3.63) is 53.1 Å². The number of allylic oxidation sites excluding steroid dienone is 1. The number of carbonyl (C=O) groups excluding carboxylic acids is 2. The molecule has 2 bridgehead atoms. The van der Waals surface area contributed by atoms with Crippen LogP contribution in [0, 0.1) is 16.7 Å². The minimum absolute atomic E-state index is 0.0286. The molecule has 6 heteroatoms. The second-order valence-electron chi connectivity index (χ2n) is 8.57. The number of likely N-dealkylation sites (N-methyl/N-ethyl adjacent to an activating group) is 1. The molecule has 0 saturated carbocycles. The molecule has 28 heavy (non-hydrogen) atoms. The molecule has 4 nitrogen and oxygen atoms in total. The summed E-state index contributed by atoms with van der Waals surface area (Å²) in [4.78, 5) is 33.5. The summed E-state index contributed by atoms with van der Waals surface area (Å²) in [7, 11) is 1.77. The highest BCUT2D eigenvalue weighted by molar-refractivity contribution is 7.78. The summed E-state index contributed by atoms with van der Waals surface area (Å²) in [5.74, 6) is -1.23. The first-order chi connectivity index (χ1) is 13.1. The molecule has 4 unspecified atom stereocenters.